The van der Waals surface area contributed by atoms with Gasteiger partial charge < -0.3 is 20.3 Å². The average molecular weight is 470 g/mol. The Morgan fingerprint density at radius 3 is 2.76 bits per heavy atom. The molecule has 5 rings (SSSR count). The number of carbonyl (C=O) groups is 1. The SMILES string of the molecule is COc1nc2c(C(=O)Nc3cc(F)c4nc(C)nn4c3)ccc(N3C[C@H](C)N[C@@H](C)C3)c2s1. The van der Waals surface area contributed by atoms with Crippen molar-refractivity contribution in [2.75, 3.05) is 30.4 Å². The van der Waals surface area contributed by atoms with Gasteiger partial charge in [-0.2, -0.15) is 5.10 Å². The first-order chi connectivity index (χ1) is 15.8. The van der Waals surface area contributed by atoms with Crippen molar-refractivity contribution in [1.82, 2.24) is 24.9 Å². The summed E-state index contributed by atoms with van der Waals surface area (Å²) in [5, 5.41) is 10.9. The fourth-order valence-electron chi connectivity index (χ4n) is 4.34. The second-order valence-corrected chi connectivity index (χ2v) is 9.29. The quantitative estimate of drug-likeness (QED) is 0.474. The van der Waals surface area contributed by atoms with Gasteiger partial charge >= 0.3 is 0 Å². The zero-order chi connectivity index (χ0) is 23.3. The maximum atomic E-state index is 14.4. The van der Waals surface area contributed by atoms with Crippen molar-refractivity contribution in [1.29, 1.82) is 0 Å². The van der Waals surface area contributed by atoms with Crippen LogP contribution in [0.4, 0.5) is 15.8 Å². The molecule has 1 fully saturated rings. The number of hydrogen-bond donors (Lipinski definition) is 2. The monoisotopic (exact) mass is 469 g/mol. The van der Waals surface area contributed by atoms with Gasteiger partial charge in [0.15, 0.2) is 11.5 Å². The lowest BCUT2D eigenvalue weighted by molar-refractivity contribution is 0.102. The Bertz CT molecular complexity index is 1360. The van der Waals surface area contributed by atoms with Gasteiger partial charge in [-0.3, -0.25) is 4.79 Å². The molecule has 4 heterocycles. The number of hydrogen-bond acceptors (Lipinski definition) is 8. The molecule has 1 saturated heterocycles. The minimum absolute atomic E-state index is 0.112. The number of ether oxygens (including phenoxy) is 1. The van der Waals surface area contributed by atoms with E-state index in [-0.39, 0.29) is 11.3 Å². The Kier molecular flexibility index (Phi) is 5.37. The van der Waals surface area contributed by atoms with Crippen LogP contribution in [0.1, 0.15) is 30.0 Å². The first-order valence-corrected chi connectivity index (χ1v) is 11.5. The van der Waals surface area contributed by atoms with Gasteiger partial charge in [0.25, 0.3) is 11.1 Å². The average Bonchev–Trinajstić information content (AvgIpc) is 3.35. The number of piperazine rings is 1. The lowest BCUT2D eigenvalue weighted by atomic mass is 10.1. The molecule has 1 aliphatic rings. The summed E-state index contributed by atoms with van der Waals surface area (Å²) in [6.07, 6.45) is 1.53. The van der Waals surface area contributed by atoms with E-state index < -0.39 is 11.7 Å². The summed E-state index contributed by atoms with van der Waals surface area (Å²) in [6, 6.07) is 5.62. The first-order valence-electron chi connectivity index (χ1n) is 10.6. The molecule has 4 aromatic rings. The summed E-state index contributed by atoms with van der Waals surface area (Å²) in [7, 11) is 1.56. The molecule has 33 heavy (non-hydrogen) atoms. The van der Waals surface area contributed by atoms with Gasteiger partial charge in [-0.05, 0) is 32.9 Å². The molecular formula is C22H24FN7O2S. The summed E-state index contributed by atoms with van der Waals surface area (Å²) in [5.41, 5.74) is 2.36. The molecule has 2 N–H and O–H groups in total. The van der Waals surface area contributed by atoms with E-state index in [0.717, 1.165) is 23.5 Å². The van der Waals surface area contributed by atoms with E-state index in [9.17, 15) is 9.18 Å². The standard InChI is InChI=1S/C22H24FN7O2S/c1-11-8-29(9-12(2)24-11)17-6-5-15(18-19(17)33-22(27-18)32-4)21(31)26-14-7-16(23)20-25-13(3)28-30(20)10-14/h5-7,10-12,24H,8-9H2,1-4H3,(H,26,31)/t11-,12-/m0/s1. The molecule has 1 aliphatic heterocycles. The number of methoxy groups -OCH3 is 1. The van der Waals surface area contributed by atoms with Crippen LogP contribution in [0.15, 0.2) is 24.4 Å². The van der Waals surface area contributed by atoms with E-state index in [1.165, 1.54) is 28.1 Å². The normalized spacial score (nSPS) is 18.8. The van der Waals surface area contributed by atoms with Crippen LogP contribution < -0.4 is 20.3 Å². The van der Waals surface area contributed by atoms with Crippen LogP contribution in [-0.4, -0.2) is 57.8 Å². The summed E-state index contributed by atoms with van der Waals surface area (Å²) in [6.45, 7) is 7.69. The van der Waals surface area contributed by atoms with Crippen molar-refractivity contribution in [2.24, 2.45) is 0 Å². The van der Waals surface area contributed by atoms with Crippen LogP contribution in [-0.2, 0) is 0 Å². The number of halogens is 1. The number of rotatable bonds is 4. The largest absolute Gasteiger partial charge is 0.473 e. The van der Waals surface area contributed by atoms with E-state index in [0.29, 0.717) is 34.2 Å². The predicted octanol–water partition coefficient (Wildman–Crippen LogP) is 3.23. The molecular weight excluding hydrogens is 445 g/mol. The molecule has 1 aromatic carbocycles. The van der Waals surface area contributed by atoms with Gasteiger partial charge in [0.2, 0.25) is 0 Å². The number of amides is 1. The number of aryl methyl sites for hydroxylation is 1. The van der Waals surface area contributed by atoms with Crippen LogP contribution >= 0.6 is 11.3 Å². The smallest absolute Gasteiger partial charge is 0.274 e. The molecule has 0 saturated carbocycles. The third-order valence-corrected chi connectivity index (χ3v) is 6.61. The number of thiazole rings is 1. The van der Waals surface area contributed by atoms with Gasteiger partial charge in [0.05, 0.1) is 34.9 Å². The highest BCUT2D eigenvalue weighted by molar-refractivity contribution is 7.21. The molecule has 0 unspecified atom stereocenters. The van der Waals surface area contributed by atoms with Crippen molar-refractivity contribution >= 4 is 44.5 Å². The van der Waals surface area contributed by atoms with Crippen LogP contribution in [0.25, 0.3) is 15.9 Å². The number of nitrogens with zero attached hydrogens (tertiary/aromatic N) is 5. The van der Waals surface area contributed by atoms with Crippen LogP contribution in [0, 0.1) is 12.7 Å². The number of carbonyl (C=O) groups excluding carboxylic acids is 1. The van der Waals surface area contributed by atoms with E-state index in [4.69, 9.17) is 4.74 Å². The lowest BCUT2D eigenvalue weighted by Crippen LogP contribution is -2.54. The molecule has 0 aliphatic carbocycles. The fraction of sp³-hybridized carbons (Fsp3) is 0.364. The fourth-order valence-corrected chi connectivity index (χ4v) is 5.29. The highest BCUT2D eigenvalue weighted by atomic mass is 32.1. The maximum Gasteiger partial charge on any atom is 0.274 e. The number of fused-ring (bicyclic) bond motifs is 2. The van der Waals surface area contributed by atoms with E-state index in [1.54, 1.807) is 20.1 Å². The Morgan fingerprint density at radius 1 is 1.27 bits per heavy atom. The van der Waals surface area contributed by atoms with Gasteiger partial charge in [-0.25, -0.2) is 18.9 Å². The third kappa shape index (κ3) is 3.98. The van der Waals surface area contributed by atoms with E-state index >= 15 is 0 Å². The molecule has 2 atom stereocenters. The van der Waals surface area contributed by atoms with Crippen molar-refractivity contribution < 1.29 is 13.9 Å². The number of benzene rings is 1. The number of anilines is 2. The predicted molar refractivity (Wildman–Crippen MR) is 126 cm³/mol. The van der Waals surface area contributed by atoms with Gasteiger partial charge in [0, 0.05) is 31.2 Å². The summed E-state index contributed by atoms with van der Waals surface area (Å²) in [5.74, 6) is -0.510. The van der Waals surface area contributed by atoms with Gasteiger partial charge in [0.1, 0.15) is 11.3 Å². The van der Waals surface area contributed by atoms with Crippen LogP contribution in [0.2, 0.25) is 0 Å². The Balaban J connectivity index is 1.52. The number of aromatic nitrogens is 4. The second kappa shape index (κ2) is 8.23. The summed E-state index contributed by atoms with van der Waals surface area (Å²) < 4.78 is 22.0. The number of nitrogens with one attached hydrogen (secondary N) is 2. The lowest BCUT2D eigenvalue weighted by Gasteiger charge is -2.37. The van der Waals surface area contributed by atoms with Crippen LogP contribution in [0.5, 0.6) is 5.19 Å². The summed E-state index contributed by atoms with van der Waals surface area (Å²) in [4.78, 5) is 24.1. The van der Waals surface area contributed by atoms with Crippen LogP contribution in [0.3, 0.4) is 0 Å². The third-order valence-electron chi connectivity index (χ3n) is 5.57. The van der Waals surface area contributed by atoms with Crippen molar-refractivity contribution in [3.63, 3.8) is 0 Å². The van der Waals surface area contributed by atoms with Crippen molar-refractivity contribution in [3.05, 3.63) is 41.6 Å². The zero-order valence-electron chi connectivity index (χ0n) is 18.7. The maximum absolute atomic E-state index is 14.4. The van der Waals surface area contributed by atoms with Crippen molar-refractivity contribution in [3.8, 4) is 5.19 Å². The Morgan fingerprint density at radius 2 is 2.03 bits per heavy atom. The Hall–Kier alpha value is -3.31. The molecule has 9 nitrogen and oxygen atoms in total. The zero-order valence-corrected chi connectivity index (χ0v) is 19.5. The molecule has 11 heteroatoms. The van der Waals surface area contributed by atoms with E-state index in [2.05, 4.69) is 44.4 Å². The highest BCUT2D eigenvalue weighted by Gasteiger charge is 2.26. The first kappa shape index (κ1) is 21.5. The van der Waals surface area contributed by atoms with Gasteiger partial charge in [-0.1, -0.05) is 11.3 Å². The molecule has 0 radical (unpaired) electrons. The minimum Gasteiger partial charge on any atom is -0.473 e. The summed E-state index contributed by atoms with van der Waals surface area (Å²) >= 11 is 1.41. The van der Waals surface area contributed by atoms with Crippen molar-refractivity contribution in [2.45, 2.75) is 32.9 Å². The molecule has 1 amide bonds. The highest BCUT2D eigenvalue weighted by Crippen LogP contribution is 2.38. The number of pyridine rings is 1. The topological polar surface area (TPSA) is 96.7 Å². The van der Waals surface area contributed by atoms with E-state index in [1.807, 2.05) is 6.07 Å². The molecule has 3 aromatic heterocycles. The second-order valence-electron chi connectivity index (χ2n) is 8.33. The molecule has 172 valence electrons. The molecule has 0 bridgehead atoms. The minimum atomic E-state index is -0.564. The Labute approximate surface area is 193 Å². The molecule has 0 spiro atoms. The van der Waals surface area contributed by atoms with Gasteiger partial charge in [-0.15, -0.1) is 0 Å².